The number of rotatable bonds is 11. The Morgan fingerprint density at radius 2 is 1.27 bits per heavy atom. The average molecular weight is 507 g/mol. The SMILES string of the molecule is CCCC[C@@H](CO[Si](C)(C)C(C)(C)C)C([S@@](=O)c1ccc(C)cc1)[S@@](=O)c1ccc(C)cc1. The van der Waals surface area contributed by atoms with Crippen molar-refractivity contribution in [2.24, 2.45) is 5.92 Å². The van der Waals surface area contributed by atoms with E-state index in [0.29, 0.717) is 6.61 Å². The molecule has 2 aromatic rings. The quantitative estimate of drug-likeness (QED) is 0.299. The Kier molecular flexibility index (Phi) is 10.3. The van der Waals surface area contributed by atoms with Gasteiger partial charge in [0.2, 0.25) is 0 Å². The summed E-state index contributed by atoms with van der Waals surface area (Å²) in [4.78, 5) is 1.47. The molecule has 0 aliphatic heterocycles. The van der Waals surface area contributed by atoms with Crippen LogP contribution in [0.4, 0.5) is 0 Å². The summed E-state index contributed by atoms with van der Waals surface area (Å²) >= 11 is 0. The van der Waals surface area contributed by atoms with Gasteiger partial charge in [-0.1, -0.05) is 75.9 Å². The van der Waals surface area contributed by atoms with Crippen molar-refractivity contribution >= 4 is 29.9 Å². The van der Waals surface area contributed by atoms with Gasteiger partial charge in [-0.05, 0) is 62.7 Å². The molecule has 33 heavy (non-hydrogen) atoms. The van der Waals surface area contributed by atoms with Crippen molar-refractivity contribution in [1.29, 1.82) is 0 Å². The highest BCUT2D eigenvalue weighted by Gasteiger charge is 2.40. The van der Waals surface area contributed by atoms with Crippen molar-refractivity contribution in [3.8, 4) is 0 Å². The summed E-state index contributed by atoms with van der Waals surface area (Å²) in [5.74, 6) is -0.0525. The van der Waals surface area contributed by atoms with Gasteiger partial charge in [0.25, 0.3) is 0 Å². The van der Waals surface area contributed by atoms with Crippen LogP contribution in [0, 0.1) is 19.8 Å². The minimum atomic E-state index is -1.99. The van der Waals surface area contributed by atoms with Crippen LogP contribution in [0.25, 0.3) is 0 Å². The van der Waals surface area contributed by atoms with Crippen molar-refractivity contribution < 1.29 is 12.8 Å². The third-order valence-electron chi connectivity index (χ3n) is 6.71. The van der Waals surface area contributed by atoms with E-state index in [1.165, 1.54) is 0 Å². The summed E-state index contributed by atoms with van der Waals surface area (Å²) in [6.45, 7) is 17.9. The van der Waals surface area contributed by atoms with Crippen molar-refractivity contribution in [1.82, 2.24) is 0 Å². The molecule has 3 atom stereocenters. The molecule has 6 heteroatoms. The van der Waals surface area contributed by atoms with Crippen LogP contribution < -0.4 is 0 Å². The second-order valence-corrected chi connectivity index (χ2v) is 18.8. The molecule has 0 saturated carbocycles. The molecule has 0 spiro atoms. The highest BCUT2D eigenvalue weighted by atomic mass is 32.2. The molecule has 0 fully saturated rings. The van der Waals surface area contributed by atoms with Crippen LogP contribution in [-0.2, 0) is 26.0 Å². The van der Waals surface area contributed by atoms with E-state index in [1.54, 1.807) is 0 Å². The summed E-state index contributed by atoms with van der Waals surface area (Å²) in [5, 5.41) is 0.0873. The van der Waals surface area contributed by atoms with Gasteiger partial charge in [-0.2, -0.15) is 0 Å². The zero-order chi connectivity index (χ0) is 24.8. The van der Waals surface area contributed by atoms with Crippen LogP contribution >= 0.6 is 0 Å². The minimum absolute atomic E-state index is 0.0525. The van der Waals surface area contributed by atoms with E-state index < -0.39 is 34.5 Å². The lowest BCUT2D eigenvalue weighted by Crippen LogP contribution is -2.44. The van der Waals surface area contributed by atoms with Crippen LogP contribution in [0.3, 0.4) is 0 Å². The van der Waals surface area contributed by atoms with Crippen LogP contribution in [0.15, 0.2) is 58.3 Å². The number of benzene rings is 2. The van der Waals surface area contributed by atoms with E-state index in [9.17, 15) is 8.42 Å². The molecule has 0 bridgehead atoms. The maximum absolute atomic E-state index is 13.9. The Morgan fingerprint density at radius 1 is 0.848 bits per heavy atom. The highest BCUT2D eigenvalue weighted by molar-refractivity contribution is 8.03. The molecule has 2 aromatic carbocycles. The van der Waals surface area contributed by atoms with Crippen LogP contribution in [0.1, 0.15) is 58.1 Å². The molecule has 0 N–H and O–H groups in total. The third kappa shape index (κ3) is 7.71. The molecule has 0 heterocycles. The summed E-state index contributed by atoms with van der Waals surface area (Å²) < 4.78 is 34.0. The maximum atomic E-state index is 13.9. The summed E-state index contributed by atoms with van der Waals surface area (Å²) in [5.41, 5.74) is 2.24. The molecule has 0 radical (unpaired) electrons. The van der Waals surface area contributed by atoms with Crippen molar-refractivity contribution in [2.45, 2.75) is 93.3 Å². The monoisotopic (exact) mass is 506 g/mol. The van der Waals surface area contributed by atoms with Gasteiger partial charge in [-0.15, -0.1) is 0 Å². The number of hydrogen-bond donors (Lipinski definition) is 0. The molecule has 0 amide bonds. The molecule has 0 aliphatic rings. The second kappa shape index (κ2) is 12.1. The number of aryl methyl sites for hydroxylation is 2. The average Bonchev–Trinajstić information content (AvgIpc) is 2.75. The summed E-state index contributed by atoms with van der Waals surface area (Å²) in [6.07, 6.45) is 2.89. The zero-order valence-electron chi connectivity index (χ0n) is 21.6. The fourth-order valence-corrected chi connectivity index (χ4v) is 8.18. The first-order valence-corrected chi connectivity index (χ1v) is 17.3. The first kappa shape index (κ1) is 28.2. The van der Waals surface area contributed by atoms with Gasteiger partial charge >= 0.3 is 0 Å². The molecule has 3 nitrogen and oxygen atoms in total. The first-order valence-electron chi connectivity index (χ1n) is 12.0. The van der Waals surface area contributed by atoms with Crippen molar-refractivity contribution in [2.75, 3.05) is 6.61 Å². The highest BCUT2D eigenvalue weighted by Crippen LogP contribution is 2.38. The Hall–Kier alpha value is -1.08. The summed E-state index contributed by atoms with van der Waals surface area (Å²) in [7, 11) is -4.82. The summed E-state index contributed by atoms with van der Waals surface area (Å²) in [6, 6.07) is 15.6. The molecule has 0 aliphatic carbocycles. The van der Waals surface area contributed by atoms with E-state index in [1.807, 2.05) is 62.4 Å². The Morgan fingerprint density at radius 3 is 1.64 bits per heavy atom. The van der Waals surface area contributed by atoms with Gasteiger partial charge in [0.05, 0.1) is 21.6 Å². The van der Waals surface area contributed by atoms with E-state index in [-0.39, 0.29) is 11.0 Å². The smallest absolute Gasteiger partial charge is 0.191 e. The predicted molar refractivity (Wildman–Crippen MR) is 145 cm³/mol. The van der Waals surface area contributed by atoms with Gasteiger partial charge in [0, 0.05) is 22.3 Å². The molecule has 0 saturated heterocycles. The Balaban J connectivity index is 2.47. The van der Waals surface area contributed by atoms with Gasteiger partial charge in [-0.3, -0.25) is 8.42 Å². The van der Waals surface area contributed by atoms with Crippen molar-refractivity contribution in [3.05, 3.63) is 59.7 Å². The Labute approximate surface area is 207 Å². The van der Waals surface area contributed by atoms with Gasteiger partial charge in [0.1, 0.15) is 4.58 Å². The first-order chi connectivity index (χ1) is 15.4. The minimum Gasteiger partial charge on any atom is -0.416 e. The normalized spacial score (nSPS) is 15.4. The second-order valence-electron chi connectivity index (χ2n) is 10.6. The number of unbranched alkanes of at least 4 members (excludes halogenated alkanes) is 1. The van der Waals surface area contributed by atoms with Crippen LogP contribution in [0.2, 0.25) is 18.1 Å². The Bertz CT molecular complexity index is 874. The largest absolute Gasteiger partial charge is 0.416 e. The van der Waals surface area contributed by atoms with Crippen molar-refractivity contribution in [3.63, 3.8) is 0 Å². The number of hydrogen-bond acceptors (Lipinski definition) is 3. The lowest BCUT2D eigenvalue weighted by Gasteiger charge is -2.38. The third-order valence-corrected chi connectivity index (χ3v) is 15.3. The van der Waals surface area contributed by atoms with E-state index in [0.717, 1.165) is 40.2 Å². The van der Waals surface area contributed by atoms with Gasteiger partial charge < -0.3 is 4.43 Å². The molecule has 0 aromatic heterocycles. The molecular weight excluding hydrogens is 465 g/mol. The zero-order valence-corrected chi connectivity index (χ0v) is 24.3. The van der Waals surface area contributed by atoms with Gasteiger partial charge in [-0.25, -0.2) is 0 Å². The molecular formula is C27H42O3S2Si. The lowest BCUT2D eigenvalue weighted by atomic mass is 10.1. The maximum Gasteiger partial charge on any atom is 0.191 e. The van der Waals surface area contributed by atoms with E-state index >= 15 is 0 Å². The van der Waals surface area contributed by atoms with Crippen LogP contribution in [0.5, 0.6) is 0 Å². The van der Waals surface area contributed by atoms with E-state index in [2.05, 4.69) is 40.8 Å². The van der Waals surface area contributed by atoms with Crippen LogP contribution in [-0.4, -0.2) is 27.9 Å². The van der Waals surface area contributed by atoms with Gasteiger partial charge in [0.15, 0.2) is 8.32 Å². The standard InChI is InChI=1S/C27H42O3S2Si/c1-9-10-11-23(20-30-33(7,8)27(4,5)6)26(31(28)24-16-12-21(2)13-17-24)32(29)25-18-14-22(3)15-19-25/h12-19,23,26H,9-11,20H2,1-8H3/t23-,31-,32-/m0/s1. The lowest BCUT2D eigenvalue weighted by molar-refractivity contribution is 0.225. The topological polar surface area (TPSA) is 43.4 Å². The van der Waals surface area contributed by atoms with E-state index in [4.69, 9.17) is 4.43 Å². The molecule has 0 unspecified atom stereocenters. The fourth-order valence-electron chi connectivity index (χ4n) is 3.34. The molecule has 2 rings (SSSR count). The fraction of sp³-hybridized carbons (Fsp3) is 0.556. The molecule has 184 valence electrons. The predicted octanol–water partition coefficient (Wildman–Crippen LogP) is 7.37.